The van der Waals surface area contributed by atoms with Crippen LogP contribution in [-0.4, -0.2) is 40.3 Å². The first-order chi connectivity index (χ1) is 20.2. The zero-order valence-corrected chi connectivity index (χ0v) is 24.6. The fourth-order valence-electron chi connectivity index (χ4n) is 4.90. The number of hydrogen-bond donors (Lipinski definition) is 4. The lowest BCUT2D eigenvalue weighted by atomic mass is 9.98. The predicted octanol–water partition coefficient (Wildman–Crippen LogP) is 6.77. The monoisotopic (exact) mass is 571 g/mol. The van der Waals surface area contributed by atoms with Crippen molar-refractivity contribution in [1.29, 1.82) is 0 Å². The second kappa shape index (κ2) is 14.5. The molecule has 2 atom stereocenters. The Bertz CT molecular complexity index is 1440. The molecule has 42 heavy (non-hydrogen) atoms. The minimum absolute atomic E-state index is 0.0180. The van der Waals surface area contributed by atoms with Crippen molar-refractivity contribution in [2.45, 2.75) is 70.7 Å². The molecule has 4 rings (SSSR count). The van der Waals surface area contributed by atoms with E-state index in [1.54, 1.807) is 0 Å². The average Bonchev–Trinajstić information content (AvgIpc) is 3.39. The number of amides is 1. The van der Waals surface area contributed by atoms with Gasteiger partial charge in [-0.1, -0.05) is 60.7 Å². The van der Waals surface area contributed by atoms with Crippen LogP contribution in [0.4, 0.5) is 4.79 Å². The maximum atomic E-state index is 12.5. The molecule has 4 aromatic rings. The summed E-state index contributed by atoms with van der Waals surface area (Å²) < 4.78 is 11.5. The first kappa shape index (κ1) is 30.7. The van der Waals surface area contributed by atoms with E-state index in [4.69, 9.17) is 9.47 Å². The van der Waals surface area contributed by atoms with Gasteiger partial charge in [0, 0.05) is 42.1 Å². The van der Waals surface area contributed by atoms with Crippen LogP contribution in [0, 0.1) is 0 Å². The van der Waals surface area contributed by atoms with Crippen molar-refractivity contribution in [1.82, 2.24) is 15.6 Å². The third-order valence-electron chi connectivity index (χ3n) is 6.90. The number of carboxylic acid groups (broad SMARTS) is 1. The van der Waals surface area contributed by atoms with Crippen molar-refractivity contribution in [3.8, 4) is 5.75 Å². The maximum Gasteiger partial charge on any atom is 0.407 e. The van der Waals surface area contributed by atoms with Gasteiger partial charge in [-0.2, -0.15) is 0 Å². The first-order valence-corrected chi connectivity index (χ1v) is 14.4. The molecule has 1 aromatic heterocycles. The average molecular weight is 572 g/mol. The molecular weight excluding hydrogens is 530 g/mol. The standard InChI is InChI=1S/C34H41N3O5/c1-34(2,3)42-33(40)36-21-26(17-16-24-12-9-13-27(20-24)41-23-25-10-5-4-6-11-25)37-31(18-19-32(38)39)29-22-35-30-15-8-7-14-28(29)30/h4-15,20,22,26,31,35,37H,16-19,21,23H2,1-3H3,(H,36,40)(H,38,39)/t26?,31-/m1/s1. The highest BCUT2D eigenvalue weighted by atomic mass is 16.6. The summed E-state index contributed by atoms with van der Waals surface area (Å²) in [5.74, 6) is -0.0525. The number of nitrogens with one attached hydrogen (secondary N) is 3. The number of aliphatic carboxylic acids is 1. The lowest BCUT2D eigenvalue weighted by Gasteiger charge is -2.27. The molecule has 1 unspecified atom stereocenters. The molecule has 8 nitrogen and oxygen atoms in total. The number of rotatable bonds is 14. The Balaban J connectivity index is 1.48. The van der Waals surface area contributed by atoms with Crippen LogP contribution in [0.3, 0.4) is 0 Å². The Hall–Kier alpha value is -4.30. The van der Waals surface area contributed by atoms with Gasteiger partial charge in [-0.25, -0.2) is 4.79 Å². The number of carbonyl (C=O) groups excluding carboxylic acids is 1. The van der Waals surface area contributed by atoms with Gasteiger partial charge in [0.1, 0.15) is 18.0 Å². The van der Waals surface area contributed by atoms with Gasteiger partial charge in [-0.05, 0) is 74.9 Å². The van der Waals surface area contributed by atoms with E-state index in [1.807, 2.05) is 99.8 Å². The Morgan fingerprint density at radius 2 is 1.67 bits per heavy atom. The predicted molar refractivity (Wildman–Crippen MR) is 165 cm³/mol. The van der Waals surface area contributed by atoms with Crippen LogP contribution in [0.25, 0.3) is 10.9 Å². The van der Waals surface area contributed by atoms with Gasteiger partial charge in [0.05, 0.1) is 0 Å². The Morgan fingerprint density at radius 1 is 0.929 bits per heavy atom. The number of aromatic nitrogens is 1. The van der Waals surface area contributed by atoms with Gasteiger partial charge < -0.3 is 30.2 Å². The topological polar surface area (TPSA) is 113 Å². The Labute approximate surface area is 247 Å². The molecule has 0 aliphatic heterocycles. The summed E-state index contributed by atoms with van der Waals surface area (Å²) in [7, 11) is 0. The van der Waals surface area contributed by atoms with E-state index in [0.717, 1.165) is 39.8 Å². The van der Waals surface area contributed by atoms with Crippen LogP contribution in [0.1, 0.15) is 62.8 Å². The Kier molecular flexibility index (Phi) is 10.6. The van der Waals surface area contributed by atoms with Crippen LogP contribution in [-0.2, 0) is 22.6 Å². The van der Waals surface area contributed by atoms with Crippen molar-refractivity contribution >= 4 is 23.0 Å². The molecule has 4 N–H and O–H groups in total. The maximum absolute atomic E-state index is 12.5. The zero-order valence-electron chi connectivity index (χ0n) is 24.6. The van der Waals surface area contributed by atoms with E-state index in [1.165, 1.54) is 0 Å². The van der Waals surface area contributed by atoms with E-state index in [0.29, 0.717) is 26.0 Å². The van der Waals surface area contributed by atoms with Gasteiger partial charge in [0.15, 0.2) is 0 Å². The van der Waals surface area contributed by atoms with Crippen molar-refractivity contribution in [2.24, 2.45) is 0 Å². The van der Waals surface area contributed by atoms with E-state index in [2.05, 4.69) is 21.7 Å². The van der Waals surface area contributed by atoms with E-state index < -0.39 is 17.7 Å². The van der Waals surface area contributed by atoms with Gasteiger partial charge in [-0.15, -0.1) is 0 Å². The molecule has 1 heterocycles. The number of H-pyrrole nitrogens is 1. The molecule has 0 saturated carbocycles. The molecule has 3 aromatic carbocycles. The van der Waals surface area contributed by atoms with Gasteiger partial charge >= 0.3 is 12.1 Å². The van der Waals surface area contributed by atoms with Gasteiger partial charge in [0.2, 0.25) is 0 Å². The lowest BCUT2D eigenvalue weighted by molar-refractivity contribution is -0.137. The number of para-hydroxylation sites is 1. The number of alkyl carbamates (subject to hydrolysis) is 1. The molecule has 0 bridgehead atoms. The number of hydrogen-bond acceptors (Lipinski definition) is 5. The van der Waals surface area contributed by atoms with Gasteiger partial charge in [-0.3, -0.25) is 4.79 Å². The fraction of sp³-hybridized carbons (Fsp3) is 0.353. The number of aromatic amines is 1. The molecule has 0 aliphatic rings. The summed E-state index contributed by atoms with van der Waals surface area (Å²) in [5.41, 5.74) is 3.60. The van der Waals surface area contributed by atoms with Crippen LogP contribution in [0.2, 0.25) is 0 Å². The van der Waals surface area contributed by atoms with Crippen molar-refractivity contribution < 1.29 is 24.2 Å². The molecule has 0 radical (unpaired) electrons. The molecule has 8 heteroatoms. The SMILES string of the molecule is CC(C)(C)OC(=O)NCC(CCc1cccc(OCc2ccccc2)c1)N[C@H](CCC(=O)O)c1c[nH]c2ccccc12. The number of benzene rings is 3. The largest absolute Gasteiger partial charge is 0.489 e. The molecule has 0 aliphatic carbocycles. The quantitative estimate of drug-likeness (QED) is 0.133. The summed E-state index contributed by atoms with van der Waals surface area (Å²) >= 11 is 0. The lowest BCUT2D eigenvalue weighted by Crippen LogP contribution is -2.44. The van der Waals surface area contributed by atoms with Crippen LogP contribution >= 0.6 is 0 Å². The summed E-state index contributed by atoms with van der Waals surface area (Å²) in [6.45, 7) is 6.30. The Morgan fingerprint density at radius 3 is 2.43 bits per heavy atom. The van der Waals surface area contributed by atoms with Gasteiger partial charge in [0.25, 0.3) is 0 Å². The minimum atomic E-state index is -0.850. The number of ether oxygens (including phenoxy) is 2. The summed E-state index contributed by atoms with van der Waals surface area (Å²) in [6, 6.07) is 25.7. The second-order valence-electron chi connectivity index (χ2n) is 11.5. The van der Waals surface area contributed by atoms with Crippen LogP contribution in [0.5, 0.6) is 5.75 Å². The van der Waals surface area contributed by atoms with E-state index >= 15 is 0 Å². The number of carboxylic acids is 1. The molecule has 0 spiro atoms. The summed E-state index contributed by atoms with van der Waals surface area (Å²) in [4.78, 5) is 27.4. The molecule has 0 fully saturated rings. The second-order valence-corrected chi connectivity index (χ2v) is 11.5. The zero-order chi connectivity index (χ0) is 30.0. The van der Waals surface area contributed by atoms with E-state index in [-0.39, 0.29) is 18.5 Å². The van der Waals surface area contributed by atoms with Crippen LogP contribution < -0.4 is 15.4 Å². The summed E-state index contributed by atoms with van der Waals surface area (Å²) in [6.07, 6.45) is 3.31. The fourth-order valence-corrected chi connectivity index (χ4v) is 4.90. The molecular formula is C34H41N3O5. The third kappa shape index (κ3) is 9.66. The highest BCUT2D eigenvalue weighted by molar-refractivity contribution is 5.83. The number of aryl methyl sites for hydroxylation is 1. The molecule has 0 saturated heterocycles. The number of carbonyl (C=O) groups is 2. The summed E-state index contributed by atoms with van der Waals surface area (Å²) in [5, 5.41) is 17.1. The highest BCUT2D eigenvalue weighted by Crippen LogP contribution is 2.28. The van der Waals surface area contributed by atoms with Crippen molar-refractivity contribution in [3.05, 3.63) is 102 Å². The minimum Gasteiger partial charge on any atom is -0.489 e. The molecule has 1 amide bonds. The van der Waals surface area contributed by atoms with Crippen LogP contribution in [0.15, 0.2) is 85.1 Å². The normalized spacial score (nSPS) is 12.9. The van der Waals surface area contributed by atoms with Crippen molar-refractivity contribution in [2.75, 3.05) is 6.54 Å². The van der Waals surface area contributed by atoms with Crippen molar-refractivity contribution in [3.63, 3.8) is 0 Å². The first-order valence-electron chi connectivity index (χ1n) is 14.4. The van der Waals surface area contributed by atoms with E-state index in [9.17, 15) is 14.7 Å². The molecule has 222 valence electrons. The smallest absolute Gasteiger partial charge is 0.407 e. The number of fused-ring (bicyclic) bond motifs is 1. The third-order valence-corrected chi connectivity index (χ3v) is 6.90. The highest BCUT2D eigenvalue weighted by Gasteiger charge is 2.23.